The molecule has 214 valence electrons. The van der Waals surface area contributed by atoms with Crippen LogP contribution < -0.4 is 9.62 Å². The van der Waals surface area contributed by atoms with Crippen molar-refractivity contribution in [2.75, 3.05) is 17.1 Å². The maximum Gasteiger partial charge on any atom is 0.244 e. The Kier molecular flexibility index (Phi) is 10.1. The molecular weight excluding hydrogens is 522 g/mol. The molecule has 40 heavy (non-hydrogen) atoms. The van der Waals surface area contributed by atoms with Gasteiger partial charge in [-0.3, -0.25) is 13.9 Å². The lowest BCUT2D eigenvalue weighted by Gasteiger charge is -2.35. The minimum Gasteiger partial charge on any atom is -0.350 e. The van der Waals surface area contributed by atoms with E-state index in [0.717, 1.165) is 39.2 Å². The number of amides is 2. The van der Waals surface area contributed by atoms with E-state index in [9.17, 15) is 18.0 Å². The number of nitrogens with zero attached hydrogens (tertiary/aromatic N) is 2. The van der Waals surface area contributed by atoms with Crippen LogP contribution in [0.5, 0.6) is 0 Å². The van der Waals surface area contributed by atoms with E-state index in [-0.39, 0.29) is 18.9 Å². The summed E-state index contributed by atoms with van der Waals surface area (Å²) >= 11 is 0. The molecule has 0 unspecified atom stereocenters. The van der Waals surface area contributed by atoms with E-state index in [0.29, 0.717) is 5.69 Å². The fourth-order valence-corrected chi connectivity index (χ4v) is 5.26. The fourth-order valence-electron chi connectivity index (χ4n) is 4.41. The van der Waals surface area contributed by atoms with Gasteiger partial charge >= 0.3 is 0 Å². The Balaban J connectivity index is 2.05. The average Bonchev–Trinajstić information content (AvgIpc) is 2.89. The van der Waals surface area contributed by atoms with E-state index < -0.39 is 34.1 Å². The molecule has 0 fully saturated rings. The molecule has 0 aromatic heterocycles. The average molecular weight is 564 g/mol. The van der Waals surface area contributed by atoms with Crippen LogP contribution in [0.3, 0.4) is 0 Å². The number of rotatable bonds is 11. The number of benzene rings is 3. The van der Waals surface area contributed by atoms with Crippen LogP contribution in [-0.2, 0) is 39.0 Å². The Morgan fingerprint density at radius 2 is 1.43 bits per heavy atom. The van der Waals surface area contributed by atoms with Crippen molar-refractivity contribution >= 4 is 27.5 Å². The van der Waals surface area contributed by atoms with Gasteiger partial charge in [-0.05, 0) is 62.9 Å². The van der Waals surface area contributed by atoms with Crippen molar-refractivity contribution in [2.45, 2.75) is 65.6 Å². The van der Waals surface area contributed by atoms with Crippen molar-refractivity contribution in [2.24, 2.45) is 0 Å². The summed E-state index contributed by atoms with van der Waals surface area (Å²) in [6.07, 6.45) is 2.18. The van der Waals surface area contributed by atoms with E-state index in [1.54, 1.807) is 12.1 Å². The Bertz CT molecular complexity index is 1380. The quantitative estimate of drug-likeness (QED) is 0.360. The maximum absolute atomic E-state index is 14.1. The highest BCUT2D eigenvalue weighted by Gasteiger charge is 2.34. The van der Waals surface area contributed by atoms with Crippen LogP contribution in [-0.4, -0.2) is 49.5 Å². The molecule has 0 aliphatic heterocycles. The molecule has 0 bridgehead atoms. The number of hydrogen-bond acceptors (Lipinski definition) is 4. The molecule has 0 radical (unpaired) electrons. The standard InChI is InChI=1S/C32H41N3O4S/c1-7-25-17-19-28(20-18-25)35(40(6,38)39)23-30(36)34(22-27-15-13-24(2)14-16-27)29(31(37)33-32(3,4)5)21-26-11-9-8-10-12-26/h8-20,29H,7,21-23H2,1-6H3,(H,33,37)/t29-/m1/s1. The minimum atomic E-state index is -3.79. The smallest absolute Gasteiger partial charge is 0.244 e. The number of anilines is 1. The van der Waals surface area contributed by atoms with Crippen molar-refractivity contribution in [3.63, 3.8) is 0 Å². The van der Waals surface area contributed by atoms with Gasteiger partial charge in [-0.25, -0.2) is 8.42 Å². The summed E-state index contributed by atoms with van der Waals surface area (Å²) < 4.78 is 26.9. The molecule has 1 atom stereocenters. The molecule has 0 saturated heterocycles. The van der Waals surface area contributed by atoms with Gasteiger partial charge in [0.25, 0.3) is 0 Å². The van der Waals surface area contributed by atoms with Gasteiger partial charge in [-0.15, -0.1) is 0 Å². The van der Waals surface area contributed by atoms with Gasteiger partial charge in [0.15, 0.2) is 0 Å². The topological polar surface area (TPSA) is 86.8 Å². The second-order valence-electron chi connectivity index (χ2n) is 11.2. The number of sulfonamides is 1. The zero-order valence-electron chi connectivity index (χ0n) is 24.3. The molecule has 2 amide bonds. The third-order valence-corrected chi connectivity index (χ3v) is 7.70. The van der Waals surface area contributed by atoms with Gasteiger partial charge < -0.3 is 10.2 Å². The van der Waals surface area contributed by atoms with Crippen molar-refractivity contribution in [1.82, 2.24) is 10.2 Å². The molecule has 0 aliphatic rings. The molecule has 0 heterocycles. The maximum atomic E-state index is 14.1. The summed E-state index contributed by atoms with van der Waals surface area (Å²) in [4.78, 5) is 29.4. The molecule has 3 aromatic carbocycles. The SMILES string of the molecule is CCc1ccc(N(CC(=O)N(Cc2ccc(C)cc2)[C@H](Cc2ccccc2)C(=O)NC(C)(C)C)S(C)(=O)=O)cc1. The highest BCUT2D eigenvalue weighted by Crippen LogP contribution is 2.21. The van der Waals surface area contributed by atoms with Crippen LogP contribution in [0, 0.1) is 6.92 Å². The van der Waals surface area contributed by atoms with Gasteiger partial charge in [0.05, 0.1) is 11.9 Å². The van der Waals surface area contributed by atoms with Crippen molar-refractivity contribution in [1.29, 1.82) is 0 Å². The Morgan fingerprint density at radius 1 is 0.850 bits per heavy atom. The number of hydrogen-bond donors (Lipinski definition) is 1. The van der Waals surface area contributed by atoms with E-state index in [1.165, 1.54) is 4.90 Å². The largest absolute Gasteiger partial charge is 0.350 e. The van der Waals surface area contributed by atoms with Gasteiger partial charge in [0, 0.05) is 18.5 Å². The van der Waals surface area contributed by atoms with E-state index in [1.807, 2.05) is 101 Å². The first-order valence-corrected chi connectivity index (χ1v) is 15.4. The van der Waals surface area contributed by atoms with Crippen LogP contribution in [0.15, 0.2) is 78.9 Å². The monoisotopic (exact) mass is 563 g/mol. The molecule has 3 aromatic rings. The first-order valence-electron chi connectivity index (χ1n) is 13.5. The fraction of sp³-hybridized carbons (Fsp3) is 0.375. The van der Waals surface area contributed by atoms with Crippen LogP contribution in [0.4, 0.5) is 5.69 Å². The number of carbonyl (C=O) groups excluding carboxylic acids is 2. The molecule has 0 aliphatic carbocycles. The van der Waals surface area contributed by atoms with Crippen LogP contribution in [0.2, 0.25) is 0 Å². The Labute approximate surface area is 239 Å². The van der Waals surface area contributed by atoms with E-state index in [4.69, 9.17) is 0 Å². The zero-order chi connectivity index (χ0) is 29.5. The Hall–Kier alpha value is -3.65. The lowest BCUT2D eigenvalue weighted by Crippen LogP contribution is -2.56. The predicted molar refractivity (Wildman–Crippen MR) is 162 cm³/mol. The first kappa shape index (κ1) is 30.9. The number of aryl methyl sites for hydroxylation is 2. The van der Waals surface area contributed by atoms with Crippen LogP contribution >= 0.6 is 0 Å². The van der Waals surface area contributed by atoms with Gasteiger partial charge in [-0.2, -0.15) is 0 Å². The lowest BCUT2D eigenvalue weighted by molar-refractivity contribution is -0.140. The first-order chi connectivity index (χ1) is 18.8. The van der Waals surface area contributed by atoms with E-state index >= 15 is 0 Å². The highest BCUT2D eigenvalue weighted by atomic mass is 32.2. The molecule has 7 nitrogen and oxygen atoms in total. The third-order valence-electron chi connectivity index (χ3n) is 6.55. The summed E-state index contributed by atoms with van der Waals surface area (Å²) in [6, 6.07) is 23.6. The second kappa shape index (κ2) is 13.1. The molecule has 0 spiro atoms. The van der Waals surface area contributed by atoms with Gasteiger partial charge in [-0.1, -0.05) is 79.2 Å². The normalized spacial score (nSPS) is 12.4. The zero-order valence-corrected chi connectivity index (χ0v) is 25.2. The summed E-state index contributed by atoms with van der Waals surface area (Å²) in [7, 11) is -3.79. The Morgan fingerprint density at radius 3 is 1.95 bits per heavy atom. The predicted octanol–water partition coefficient (Wildman–Crippen LogP) is 4.88. The van der Waals surface area contributed by atoms with E-state index in [2.05, 4.69) is 5.32 Å². The minimum absolute atomic E-state index is 0.153. The molecule has 1 N–H and O–H groups in total. The van der Waals surface area contributed by atoms with Crippen LogP contribution in [0.1, 0.15) is 49.9 Å². The highest BCUT2D eigenvalue weighted by molar-refractivity contribution is 7.92. The molecule has 0 saturated carbocycles. The molecule has 3 rings (SSSR count). The number of carbonyl (C=O) groups is 2. The third kappa shape index (κ3) is 8.95. The lowest BCUT2D eigenvalue weighted by atomic mass is 10.0. The summed E-state index contributed by atoms with van der Waals surface area (Å²) in [5.74, 6) is -0.759. The van der Waals surface area contributed by atoms with Crippen molar-refractivity contribution < 1.29 is 18.0 Å². The van der Waals surface area contributed by atoms with Crippen LogP contribution in [0.25, 0.3) is 0 Å². The second-order valence-corrected chi connectivity index (χ2v) is 13.1. The molecular formula is C32H41N3O4S. The summed E-state index contributed by atoms with van der Waals surface area (Å²) in [5.41, 5.74) is 3.76. The van der Waals surface area contributed by atoms with Gasteiger partial charge in [0.1, 0.15) is 12.6 Å². The molecule has 8 heteroatoms. The van der Waals surface area contributed by atoms with Crippen molar-refractivity contribution in [3.05, 3.63) is 101 Å². The van der Waals surface area contributed by atoms with Gasteiger partial charge in [0.2, 0.25) is 21.8 Å². The summed E-state index contributed by atoms with van der Waals surface area (Å²) in [5, 5.41) is 3.03. The van der Waals surface area contributed by atoms with Crippen molar-refractivity contribution in [3.8, 4) is 0 Å². The summed E-state index contributed by atoms with van der Waals surface area (Å²) in [6.45, 7) is 9.40. The number of nitrogens with one attached hydrogen (secondary N) is 1.